The number of aliphatic hydroxyl groups excluding tert-OH is 1. The van der Waals surface area contributed by atoms with E-state index in [1.165, 1.54) is 0 Å². The van der Waals surface area contributed by atoms with Crippen molar-refractivity contribution in [2.45, 2.75) is 45.3 Å². The molecular weight excluding hydrogens is 200 g/mol. The maximum Gasteiger partial charge on any atom is 0.0612 e. The fourth-order valence-electron chi connectivity index (χ4n) is 2.26. The number of nitrogens with zero attached hydrogens (tertiary/aromatic N) is 2. The van der Waals surface area contributed by atoms with E-state index in [1.807, 2.05) is 17.1 Å². The van der Waals surface area contributed by atoms with Crippen molar-refractivity contribution >= 4 is 0 Å². The van der Waals surface area contributed by atoms with Crippen molar-refractivity contribution in [2.75, 3.05) is 0 Å². The molecule has 0 bridgehead atoms. The zero-order valence-electron chi connectivity index (χ0n) is 9.84. The summed E-state index contributed by atoms with van der Waals surface area (Å²) in [7, 11) is 0. The molecule has 2 rings (SSSR count). The lowest BCUT2D eigenvalue weighted by atomic mass is 9.87. The van der Waals surface area contributed by atoms with Crippen LogP contribution in [0.25, 0.3) is 0 Å². The van der Waals surface area contributed by atoms with Gasteiger partial charge in [-0.1, -0.05) is 12.2 Å². The molecule has 3 nitrogen and oxygen atoms in total. The van der Waals surface area contributed by atoms with Crippen LogP contribution < -0.4 is 0 Å². The Bertz CT molecular complexity index is 357. The maximum absolute atomic E-state index is 10.1. The summed E-state index contributed by atoms with van der Waals surface area (Å²) in [6.45, 7) is 2.96. The molecule has 16 heavy (non-hydrogen) atoms. The van der Waals surface area contributed by atoms with Gasteiger partial charge in [0.2, 0.25) is 0 Å². The molecule has 1 aliphatic rings. The van der Waals surface area contributed by atoms with E-state index < -0.39 is 0 Å². The first-order valence-corrected chi connectivity index (χ1v) is 6.14. The Balaban J connectivity index is 1.90. The predicted molar refractivity (Wildman–Crippen MR) is 64.1 cm³/mol. The van der Waals surface area contributed by atoms with E-state index in [2.05, 4.69) is 24.2 Å². The fraction of sp³-hybridized carbons (Fsp3) is 0.615. The molecule has 0 radical (unpaired) electrons. The Hall–Kier alpha value is -1.09. The summed E-state index contributed by atoms with van der Waals surface area (Å²) >= 11 is 0. The van der Waals surface area contributed by atoms with Gasteiger partial charge in [-0.3, -0.25) is 4.68 Å². The van der Waals surface area contributed by atoms with E-state index in [9.17, 15) is 5.11 Å². The maximum atomic E-state index is 10.1. The summed E-state index contributed by atoms with van der Waals surface area (Å²) in [5, 5.41) is 14.4. The van der Waals surface area contributed by atoms with Gasteiger partial charge < -0.3 is 5.11 Å². The average Bonchev–Trinajstić information content (AvgIpc) is 2.78. The van der Waals surface area contributed by atoms with Gasteiger partial charge >= 0.3 is 0 Å². The van der Waals surface area contributed by atoms with Crippen LogP contribution in [0.15, 0.2) is 24.5 Å². The molecule has 0 spiro atoms. The molecule has 0 saturated heterocycles. The molecule has 2 unspecified atom stereocenters. The summed E-state index contributed by atoms with van der Waals surface area (Å²) in [4.78, 5) is 0. The highest BCUT2D eigenvalue weighted by molar-refractivity contribution is 5.06. The molecule has 0 fully saturated rings. The number of allylic oxidation sites excluding steroid dienone is 2. The Morgan fingerprint density at radius 3 is 3.06 bits per heavy atom. The molecule has 1 aromatic rings. The Morgan fingerprint density at radius 1 is 1.56 bits per heavy atom. The lowest BCUT2D eigenvalue weighted by Crippen LogP contribution is -2.23. The molecule has 88 valence electrons. The highest BCUT2D eigenvalue weighted by Gasteiger charge is 2.20. The zero-order chi connectivity index (χ0) is 11.4. The molecular formula is C13H20N2O. The molecule has 0 saturated carbocycles. The molecule has 1 aliphatic carbocycles. The average molecular weight is 220 g/mol. The highest BCUT2D eigenvalue weighted by Crippen LogP contribution is 2.23. The minimum atomic E-state index is -0.223. The van der Waals surface area contributed by atoms with Crippen molar-refractivity contribution in [1.29, 1.82) is 0 Å². The SMILES string of the molecule is CCn1cc(CC(O)C2CC=CCC2)cn1. The topological polar surface area (TPSA) is 38.0 Å². The zero-order valence-corrected chi connectivity index (χ0v) is 9.84. The lowest BCUT2D eigenvalue weighted by Gasteiger charge is -2.23. The Labute approximate surface area is 96.8 Å². The van der Waals surface area contributed by atoms with Crippen LogP contribution in [0.2, 0.25) is 0 Å². The van der Waals surface area contributed by atoms with Crippen LogP contribution in [0.1, 0.15) is 31.7 Å². The second-order valence-electron chi connectivity index (χ2n) is 4.52. The molecule has 0 amide bonds. The van der Waals surface area contributed by atoms with Crippen LogP contribution in [0.4, 0.5) is 0 Å². The normalized spacial score (nSPS) is 22.2. The number of aliphatic hydroxyl groups is 1. The van der Waals surface area contributed by atoms with Gasteiger partial charge in [-0.05, 0) is 37.7 Å². The minimum Gasteiger partial charge on any atom is -0.392 e. The van der Waals surface area contributed by atoms with Crippen molar-refractivity contribution in [2.24, 2.45) is 5.92 Å². The fourth-order valence-corrected chi connectivity index (χ4v) is 2.26. The summed E-state index contributed by atoms with van der Waals surface area (Å²) in [5.41, 5.74) is 1.14. The number of rotatable bonds is 4. The van der Waals surface area contributed by atoms with Gasteiger partial charge in [-0.2, -0.15) is 5.10 Å². The smallest absolute Gasteiger partial charge is 0.0612 e. The first-order valence-electron chi connectivity index (χ1n) is 6.14. The number of aryl methyl sites for hydroxylation is 1. The van der Waals surface area contributed by atoms with Crippen molar-refractivity contribution in [3.8, 4) is 0 Å². The van der Waals surface area contributed by atoms with Crippen LogP contribution >= 0.6 is 0 Å². The van der Waals surface area contributed by atoms with Crippen LogP contribution in [0.3, 0.4) is 0 Å². The van der Waals surface area contributed by atoms with Gasteiger partial charge in [0.1, 0.15) is 0 Å². The van der Waals surface area contributed by atoms with Crippen molar-refractivity contribution in [3.05, 3.63) is 30.1 Å². The summed E-state index contributed by atoms with van der Waals surface area (Å²) in [6, 6.07) is 0. The number of hydrogen-bond acceptors (Lipinski definition) is 2. The van der Waals surface area contributed by atoms with Gasteiger partial charge in [-0.15, -0.1) is 0 Å². The number of aromatic nitrogens is 2. The third-order valence-electron chi connectivity index (χ3n) is 3.31. The minimum absolute atomic E-state index is 0.223. The summed E-state index contributed by atoms with van der Waals surface area (Å²) in [6.07, 6.45) is 12.0. The Kier molecular flexibility index (Phi) is 3.78. The molecule has 0 aromatic carbocycles. The second-order valence-corrected chi connectivity index (χ2v) is 4.52. The Morgan fingerprint density at radius 2 is 2.44 bits per heavy atom. The summed E-state index contributed by atoms with van der Waals surface area (Å²) < 4.78 is 1.91. The molecule has 2 atom stereocenters. The van der Waals surface area contributed by atoms with Gasteiger partial charge in [0.15, 0.2) is 0 Å². The molecule has 1 aromatic heterocycles. The predicted octanol–water partition coefficient (Wildman–Crippen LogP) is 2.16. The largest absolute Gasteiger partial charge is 0.392 e. The third-order valence-corrected chi connectivity index (χ3v) is 3.31. The standard InChI is InChI=1S/C13H20N2O/c1-2-15-10-11(9-14-15)8-13(16)12-6-4-3-5-7-12/h3-4,9-10,12-13,16H,2,5-8H2,1H3. The van der Waals surface area contributed by atoms with E-state index >= 15 is 0 Å². The monoisotopic (exact) mass is 220 g/mol. The lowest BCUT2D eigenvalue weighted by molar-refractivity contribution is 0.102. The summed E-state index contributed by atoms with van der Waals surface area (Å²) in [5.74, 6) is 0.426. The van der Waals surface area contributed by atoms with Crippen LogP contribution in [-0.2, 0) is 13.0 Å². The highest BCUT2D eigenvalue weighted by atomic mass is 16.3. The first-order chi connectivity index (χ1) is 7.79. The quantitative estimate of drug-likeness (QED) is 0.790. The van der Waals surface area contributed by atoms with Gasteiger partial charge in [-0.25, -0.2) is 0 Å². The van der Waals surface area contributed by atoms with Gasteiger partial charge in [0, 0.05) is 19.2 Å². The van der Waals surface area contributed by atoms with E-state index in [-0.39, 0.29) is 6.10 Å². The van der Waals surface area contributed by atoms with E-state index in [0.29, 0.717) is 5.92 Å². The third kappa shape index (κ3) is 2.73. The van der Waals surface area contributed by atoms with Gasteiger partial charge in [0.05, 0.1) is 12.3 Å². The van der Waals surface area contributed by atoms with Crippen LogP contribution in [-0.4, -0.2) is 21.0 Å². The molecule has 1 heterocycles. The van der Waals surface area contributed by atoms with Gasteiger partial charge in [0.25, 0.3) is 0 Å². The molecule has 1 N–H and O–H groups in total. The molecule has 0 aliphatic heterocycles. The second kappa shape index (κ2) is 5.30. The first kappa shape index (κ1) is 11.4. The van der Waals surface area contributed by atoms with E-state index in [1.54, 1.807) is 0 Å². The van der Waals surface area contributed by atoms with E-state index in [0.717, 1.165) is 37.8 Å². The van der Waals surface area contributed by atoms with Crippen LogP contribution in [0, 0.1) is 5.92 Å². The van der Waals surface area contributed by atoms with E-state index in [4.69, 9.17) is 0 Å². The van der Waals surface area contributed by atoms with Crippen molar-refractivity contribution in [3.63, 3.8) is 0 Å². The molecule has 3 heteroatoms. The van der Waals surface area contributed by atoms with Crippen molar-refractivity contribution < 1.29 is 5.11 Å². The van der Waals surface area contributed by atoms with Crippen molar-refractivity contribution in [1.82, 2.24) is 9.78 Å². The van der Waals surface area contributed by atoms with Crippen LogP contribution in [0.5, 0.6) is 0 Å². The number of hydrogen-bond donors (Lipinski definition) is 1.